The third kappa shape index (κ3) is 2.60. The second kappa shape index (κ2) is 6.36. The molecule has 4 aliphatic carbocycles. The Hall–Kier alpha value is -0.830. The predicted molar refractivity (Wildman–Crippen MR) is 104 cm³/mol. The summed E-state index contributed by atoms with van der Waals surface area (Å²) in [5.74, 6) is 3.21. The molecule has 146 valence electrons. The van der Waals surface area contributed by atoms with Crippen LogP contribution in [0.5, 0.6) is 0 Å². The maximum atomic E-state index is 11.4. The van der Waals surface area contributed by atoms with Crippen molar-refractivity contribution >= 4 is 5.97 Å². The molecule has 0 radical (unpaired) electrons. The molecule has 0 aromatic heterocycles. The molecule has 3 heteroatoms. The van der Waals surface area contributed by atoms with Crippen molar-refractivity contribution in [3.8, 4) is 0 Å². The average molecular weight is 360 g/mol. The first-order valence-electron chi connectivity index (χ1n) is 10.9. The van der Waals surface area contributed by atoms with Gasteiger partial charge in [-0.15, -0.1) is 0 Å². The summed E-state index contributed by atoms with van der Waals surface area (Å²) in [6.45, 7) is 8.95. The van der Waals surface area contributed by atoms with Crippen molar-refractivity contribution < 1.29 is 9.53 Å². The highest BCUT2D eigenvalue weighted by molar-refractivity contribution is 5.66. The number of hydrogen-bond acceptors (Lipinski definition) is 3. The van der Waals surface area contributed by atoms with Gasteiger partial charge in [0.25, 0.3) is 0 Å². The van der Waals surface area contributed by atoms with Gasteiger partial charge in [-0.1, -0.05) is 38.8 Å². The van der Waals surface area contributed by atoms with Crippen LogP contribution in [0.25, 0.3) is 0 Å². The first kappa shape index (κ1) is 18.5. The van der Waals surface area contributed by atoms with Crippen LogP contribution in [0.1, 0.15) is 79.1 Å². The molecule has 0 spiro atoms. The van der Waals surface area contributed by atoms with Gasteiger partial charge in [0, 0.05) is 19.4 Å². The van der Waals surface area contributed by atoms with Crippen LogP contribution in [0.2, 0.25) is 0 Å². The van der Waals surface area contributed by atoms with Gasteiger partial charge in [-0.3, -0.25) is 4.79 Å². The van der Waals surface area contributed by atoms with E-state index in [0.29, 0.717) is 5.41 Å². The number of hydrogen-bond donors (Lipinski definition) is 1. The summed E-state index contributed by atoms with van der Waals surface area (Å²) in [7, 11) is 0. The monoisotopic (exact) mass is 359 g/mol. The summed E-state index contributed by atoms with van der Waals surface area (Å²) in [6, 6.07) is -0.0277. The van der Waals surface area contributed by atoms with Crippen molar-refractivity contribution in [1.29, 1.82) is 0 Å². The number of ether oxygens (including phenoxy) is 1. The molecule has 0 bridgehead atoms. The molecule has 3 nitrogen and oxygen atoms in total. The van der Waals surface area contributed by atoms with Gasteiger partial charge < -0.3 is 10.5 Å². The Bertz CT molecular complexity index is 613. The fourth-order valence-electron chi connectivity index (χ4n) is 7.87. The molecular weight excluding hydrogens is 322 g/mol. The number of allylic oxidation sites excluding steroid dienone is 1. The molecule has 4 aliphatic rings. The molecule has 8 unspecified atom stereocenters. The Kier molecular flexibility index (Phi) is 4.53. The largest absolute Gasteiger partial charge is 0.461 e. The molecule has 8 atom stereocenters. The van der Waals surface area contributed by atoms with E-state index in [9.17, 15) is 4.79 Å². The van der Waals surface area contributed by atoms with Crippen LogP contribution < -0.4 is 5.73 Å². The molecule has 26 heavy (non-hydrogen) atoms. The lowest BCUT2D eigenvalue weighted by molar-refractivity contribution is -0.150. The second-order valence-corrected chi connectivity index (χ2v) is 10.2. The van der Waals surface area contributed by atoms with Crippen LogP contribution in [0.15, 0.2) is 11.6 Å². The second-order valence-electron chi connectivity index (χ2n) is 10.2. The van der Waals surface area contributed by atoms with E-state index in [1.165, 1.54) is 51.0 Å². The third-order valence-corrected chi connectivity index (χ3v) is 9.19. The van der Waals surface area contributed by atoms with Crippen LogP contribution in [-0.4, -0.2) is 18.1 Å². The standard InChI is InChI=1S/C23H37NO2/c1-5-15-7-9-18-17-8-6-16-12-21(26-14(2)25)20(24)13-23(16,4)19(17)10-11-22(15,18)3/h6,15,17-21H,5,7-13,24H2,1-4H3. The molecule has 3 saturated carbocycles. The number of rotatable bonds is 2. The number of fused-ring (bicyclic) bond motifs is 5. The quantitative estimate of drug-likeness (QED) is 0.567. The lowest BCUT2D eigenvalue weighted by Gasteiger charge is -2.59. The molecule has 0 saturated heterocycles. The Morgan fingerprint density at radius 1 is 1.27 bits per heavy atom. The molecular formula is C23H37NO2. The summed E-state index contributed by atoms with van der Waals surface area (Å²) < 4.78 is 5.54. The molecule has 0 heterocycles. The highest BCUT2D eigenvalue weighted by Crippen LogP contribution is 2.66. The fraction of sp³-hybridized carbons (Fsp3) is 0.870. The van der Waals surface area contributed by atoms with Crippen LogP contribution in [0.3, 0.4) is 0 Å². The van der Waals surface area contributed by atoms with Crippen molar-refractivity contribution in [2.24, 2.45) is 40.2 Å². The average Bonchev–Trinajstić information content (AvgIpc) is 2.91. The Balaban J connectivity index is 1.61. The van der Waals surface area contributed by atoms with Crippen molar-refractivity contribution in [3.05, 3.63) is 11.6 Å². The maximum absolute atomic E-state index is 11.4. The lowest BCUT2D eigenvalue weighted by Crippen LogP contribution is -2.55. The smallest absolute Gasteiger partial charge is 0.302 e. The summed E-state index contributed by atoms with van der Waals surface area (Å²) >= 11 is 0. The van der Waals surface area contributed by atoms with E-state index in [0.717, 1.165) is 36.5 Å². The van der Waals surface area contributed by atoms with Gasteiger partial charge in [-0.25, -0.2) is 0 Å². The van der Waals surface area contributed by atoms with Crippen molar-refractivity contribution in [2.45, 2.75) is 91.2 Å². The van der Waals surface area contributed by atoms with Crippen molar-refractivity contribution in [3.63, 3.8) is 0 Å². The van der Waals surface area contributed by atoms with Gasteiger partial charge in [0.05, 0.1) is 0 Å². The zero-order chi connectivity index (χ0) is 18.7. The highest BCUT2D eigenvalue weighted by Gasteiger charge is 2.59. The van der Waals surface area contributed by atoms with E-state index in [1.807, 2.05) is 0 Å². The number of carbonyl (C=O) groups is 1. The van der Waals surface area contributed by atoms with E-state index in [4.69, 9.17) is 10.5 Å². The van der Waals surface area contributed by atoms with E-state index in [2.05, 4.69) is 26.8 Å². The minimum atomic E-state index is -0.201. The van der Waals surface area contributed by atoms with E-state index in [1.54, 1.807) is 0 Å². The van der Waals surface area contributed by atoms with Gasteiger partial charge in [0.15, 0.2) is 0 Å². The molecule has 2 N–H and O–H groups in total. The van der Waals surface area contributed by atoms with Gasteiger partial charge in [-0.05, 0) is 73.0 Å². The number of nitrogens with two attached hydrogens (primary N) is 1. The Morgan fingerprint density at radius 3 is 2.73 bits per heavy atom. The molecule has 4 rings (SSSR count). The number of esters is 1. The Labute approximate surface area is 159 Å². The summed E-state index contributed by atoms with van der Waals surface area (Å²) in [6.07, 6.45) is 12.4. The lowest BCUT2D eigenvalue weighted by atomic mass is 9.47. The van der Waals surface area contributed by atoms with Gasteiger partial charge in [0.1, 0.15) is 6.10 Å². The number of carbonyl (C=O) groups excluding carboxylic acids is 1. The molecule has 0 aliphatic heterocycles. The minimum absolute atomic E-state index is 0.0277. The third-order valence-electron chi connectivity index (χ3n) is 9.19. The first-order valence-corrected chi connectivity index (χ1v) is 10.9. The van der Waals surface area contributed by atoms with E-state index in [-0.39, 0.29) is 23.5 Å². The van der Waals surface area contributed by atoms with E-state index < -0.39 is 0 Å². The zero-order valence-electron chi connectivity index (χ0n) is 17.1. The van der Waals surface area contributed by atoms with Gasteiger partial charge in [0.2, 0.25) is 0 Å². The molecule has 0 aromatic rings. The highest BCUT2D eigenvalue weighted by atomic mass is 16.5. The summed E-state index contributed by atoms with van der Waals surface area (Å²) in [5, 5.41) is 0. The van der Waals surface area contributed by atoms with Crippen LogP contribution in [0.4, 0.5) is 0 Å². The zero-order valence-corrected chi connectivity index (χ0v) is 17.1. The first-order chi connectivity index (χ1) is 12.3. The normalized spacial score (nSPS) is 50.3. The van der Waals surface area contributed by atoms with Crippen molar-refractivity contribution in [2.75, 3.05) is 0 Å². The van der Waals surface area contributed by atoms with Gasteiger partial charge in [-0.2, -0.15) is 0 Å². The maximum Gasteiger partial charge on any atom is 0.302 e. The molecule has 0 amide bonds. The SMILES string of the molecule is CCC1CCC2C3CC=C4CC(OC(C)=O)C(N)CC4(C)C3CCC12C. The van der Waals surface area contributed by atoms with Gasteiger partial charge >= 0.3 is 5.97 Å². The van der Waals surface area contributed by atoms with E-state index >= 15 is 0 Å². The molecule has 0 aromatic carbocycles. The Morgan fingerprint density at radius 2 is 2.04 bits per heavy atom. The molecule has 3 fully saturated rings. The summed E-state index contributed by atoms with van der Waals surface area (Å²) in [5.41, 5.74) is 8.82. The van der Waals surface area contributed by atoms with Crippen LogP contribution in [0, 0.1) is 34.5 Å². The van der Waals surface area contributed by atoms with Crippen LogP contribution in [-0.2, 0) is 9.53 Å². The minimum Gasteiger partial charge on any atom is -0.461 e. The summed E-state index contributed by atoms with van der Waals surface area (Å²) in [4.78, 5) is 11.4. The topological polar surface area (TPSA) is 52.3 Å². The van der Waals surface area contributed by atoms with Crippen molar-refractivity contribution in [1.82, 2.24) is 0 Å². The van der Waals surface area contributed by atoms with Crippen LogP contribution >= 0.6 is 0 Å². The fourth-order valence-corrected chi connectivity index (χ4v) is 7.87. The predicted octanol–water partition coefficient (Wildman–Crippen LogP) is 4.84.